The van der Waals surface area contributed by atoms with Gasteiger partial charge in [-0.15, -0.1) is 11.3 Å². The van der Waals surface area contributed by atoms with Gasteiger partial charge in [0.05, 0.1) is 5.69 Å². The van der Waals surface area contributed by atoms with Crippen molar-refractivity contribution in [1.82, 2.24) is 4.98 Å². The lowest BCUT2D eigenvalue weighted by Crippen LogP contribution is -1.89. The van der Waals surface area contributed by atoms with Crippen molar-refractivity contribution in [3.63, 3.8) is 0 Å². The van der Waals surface area contributed by atoms with Crippen LogP contribution in [0.2, 0.25) is 0 Å². The van der Waals surface area contributed by atoms with Gasteiger partial charge in [-0.05, 0) is 12.2 Å². The molecule has 2 nitrogen and oxygen atoms in total. The molecular weight excluding hydrogens is 226 g/mol. The molecule has 0 spiro atoms. The van der Waals surface area contributed by atoms with Crippen LogP contribution >= 0.6 is 23.6 Å². The van der Waals surface area contributed by atoms with E-state index in [4.69, 9.17) is 12.2 Å². The van der Waals surface area contributed by atoms with Gasteiger partial charge in [-0.3, -0.25) is 4.79 Å². The Bertz CT molecular complexity index is 300. The molecule has 1 rings (SSSR count). The van der Waals surface area contributed by atoms with Gasteiger partial charge >= 0.3 is 0 Å². The highest BCUT2D eigenvalue weighted by atomic mass is 32.1. The number of aromatic nitrogens is 1. The fraction of sp³-hybridized carbons (Fsp3) is 0.636. The van der Waals surface area contributed by atoms with Gasteiger partial charge < -0.3 is 4.98 Å². The van der Waals surface area contributed by atoms with Crippen LogP contribution in [0.1, 0.15) is 57.9 Å². The second-order valence-electron chi connectivity index (χ2n) is 2.62. The zero-order valence-corrected chi connectivity index (χ0v) is 11.8. The number of H-pyrrole nitrogens is 1. The number of hydrogen-bond acceptors (Lipinski definition) is 3. The number of ketones is 1. The predicted octanol–water partition coefficient (Wildman–Crippen LogP) is 4.84. The Morgan fingerprint density at radius 1 is 1.40 bits per heavy atom. The number of carbonyl (C=O) groups excluding carboxylic acids is 1. The van der Waals surface area contributed by atoms with Crippen LogP contribution in [0.25, 0.3) is 0 Å². The summed E-state index contributed by atoms with van der Waals surface area (Å²) in [4.78, 5) is 13.3. The van der Waals surface area contributed by atoms with Crippen LogP contribution in [0.3, 0.4) is 0 Å². The zero-order valence-electron chi connectivity index (χ0n) is 10.2. The molecule has 0 atom stereocenters. The molecule has 0 saturated heterocycles. The van der Waals surface area contributed by atoms with Gasteiger partial charge in [-0.1, -0.05) is 40.5 Å². The summed E-state index contributed by atoms with van der Waals surface area (Å²) < 4.78 is 0.653. The summed E-state index contributed by atoms with van der Waals surface area (Å²) >= 11 is 6.13. The van der Waals surface area contributed by atoms with E-state index in [0.29, 0.717) is 9.65 Å². The van der Waals surface area contributed by atoms with E-state index < -0.39 is 0 Å². The number of carbonyl (C=O) groups is 1. The minimum atomic E-state index is 0.0300. The van der Waals surface area contributed by atoms with Crippen LogP contribution in [-0.4, -0.2) is 10.8 Å². The number of unbranched alkanes of at least 4 members (excludes halogenated alkanes) is 1. The Hall–Kier alpha value is -0.480. The standard InChI is InChI=1S/C5H5NOS2.C4H10.C2H6/c1-3(7)4-2-9-5(8)6-4;1-3-4-2;1-2/h2H,1H3,(H,6,8);3-4H2,1-2H3;1-2H3. The number of nitrogens with one attached hydrogen (secondary N) is 1. The largest absolute Gasteiger partial charge is 0.335 e. The van der Waals surface area contributed by atoms with Gasteiger partial charge in [-0.25, -0.2) is 0 Å². The molecule has 88 valence electrons. The van der Waals surface area contributed by atoms with E-state index >= 15 is 0 Å². The third kappa shape index (κ3) is 9.82. The summed E-state index contributed by atoms with van der Waals surface area (Å²) in [5.41, 5.74) is 0.602. The molecule has 1 heterocycles. The van der Waals surface area contributed by atoms with Crippen LogP contribution in [0.5, 0.6) is 0 Å². The van der Waals surface area contributed by atoms with E-state index in [2.05, 4.69) is 18.8 Å². The topological polar surface area (TPSA) is 32.9 Å². The van der Waals surface area contributed by atoms with Gasteiger partial charge in [0.1, 0.15) is 0 Å². The summed E-state index contributed by atoms with van der Waals surface area (Å²) in [6.07, 6.45) is 2.64. The predicted molar refractivity (Wildman–Crippen MR) is 71.4 cm³/mol. The van der Waals surface area contributed by atoms with Crippen molar-refractivity contribution < 1.29 is 4.79 Å². The van der Waals surface area contributed by atoms with Gasteiger partial charge in [-0.2, -0.15) is 0 Å². The highest BCUT2D eigenvalue weighted by Gasteiger charge is 1.97. The van der Waals surface area contributed by atoms with Crippen LogP contribution < -0.4 is 0 Å². The van der Waals surface area contributed by atoms with E-state index in [0.717, 1.165) is 0 Å². The van der Waals surface area contributed by atoms with E-state index in [-0.39, 0.29) is 5.78 Å². The Balaban J connectivity index is 0. The first-order chi connectivity index (χ1) is 7.11. The lowest BCUT2D eigenvalue weighted by Gasteiger charge is -1.81. The summed E-state index contributed by atoms with van der Waals surface area (Å²) in [7, 11) is 0. The SMILES string of the molecule is CC.CC(=O)c1csc(=S)[nH]1.CCCC. The number of rotatable bonds is 2. The molecule has 0 fully saturated rings. The van der Waals surface area contributed by atoms with E-state index in [1.54, 1.807) is 5.38 Å². The molecule has 0 radical (unpaired) electrons. The number of aromatic amines is 1. The molecule has 1 aromatic rings. The van der Waals surface area contributed by atoms with Crippen molar-refractivity contribution in [1.29, 1.82) is 0 Å². The number of hydrogen-bond donors (Lipinski definition) is 1. The van der Waals surface area contributed by atoms with E-state index in [9.17, 15) is 4.79 Å². The maximum Gasteiger partial charge on any atom is 0.176 e. The molecule has 0 aliphatic heterocycles. The summed E-state index contributed by atoms with van der Waals surface area (Å²) in [5, 5.41) is 1.73. The molecule has 4 heteroatoms. The second kappa shape index (κ2) is 11.6. The molecular formula is C11H21NOS2. The smallest absolute Gasteiger partial charge is 0.176 e. The summed E-state index contributed by atoms with van der Waals surface area (Å²) in [6.45, 7) is 9.87. The van der Waals surface area contributed by atoms with Gasteiger partial charge in [0.15, 0.2) is 9.74 Å². The van der Waals surface area contributed by atoms with Gasteiger partial charge in [0, 0.05) is 12.3 Å². The van der Waals surface area contributed by atoms with E-state index in [1.807, 2.05) is 13.8 Å². The minimum Gasteiger partial charge on any atom is -0.335 e. The minimum absolute atomic E-state index is 0.0300. The lowest BCUT2D eigenvalue weighted by molar-refractivity contribution is 0.101. The van der Waals surface area contributed by atoms with E-state index in [1.165, 1.54) is 31.1 Å². The van der Waals surface area contributed by atoms with Crippen LogP contribution in [0, 0.1) is 3.95 Å². The third-order valence-electron chi connectivity index (χ3n) is 1.40. The van der Waals surface area contributed by atoms with Gasteiger partial charge in [0.2, 0.25) is 0 Å². The maximum absolute atomic E-state index is 10.6. The second-order valence-corrected chi connectivity index (χ2v) is 4.16. The van der Waals surface area contributed by atoms with Crippen LogP contribution in [-0.2, 0) is 0 Å². The molecule has 0 unspecified atom stereocenters. The zero-order chi connectivity index (χ0) is 12.3. The monoisotopic (exact) mass is 247 g/mol. The Morgan fingerprint density at radius 3 is 2.00 bits per heavy atom. The Kier molecular flexibility index (Phi) is 13.1. The van der Waals surface area contributed by atoms with Crippen molar-refractivity contribution >= 4 is 29.3 Å². The van der Waals surface area contributed by atoms with Crippen molar-refractivity contribution in [2.75, 3.05) is 0 Å². The molecule has 1 aromatic heterocycles. The number of thiazole rings is 1. The average molecular weight is 247 g/mol. The first-order valence-corrected chi connectivity index (χ1v) is 6.59. The molecule has 0 aliphatic carbocycles. The van der Waals surface area contributed by atoms with Gasteiger partial charge in [0.25, 0.3) is 0 Å². The third-order valence-corrected chi connectivity index (χ3v) is 2.46. The molecule has 15 heavy (non-hydrogen) atoms. The van der Waals surface area contributed by atoms with Crippen molar-refractivity contribution in [3.8, 4) is 0 Å². The fourth-order valence-corrected chi connectivity index (χ4v) is 1.33. The normalized spacial score (nSPS) is 8.07. The molecule has 0 amide bonds. The summed E-state index contributed by atoms with van der Waals surface area (Å²) in [5.74, 6) is 0.0300. The molecule has 0 aliphatic rings. The molecule has 1 N–H and O–H groups in total. The average Bonchev–Trinajstić information content (AvgIpc) is 2.68. The van der Waals surface area contributed by atoms with Crippen molar-refractivity contribution in [3.05, 3.63) is 15.0 Å². The molecule has 0 aromatic carbocycles. The fourth-order valence-electron chi connectivity index (χ4n) is 0.452. The first kappa shape index (κ1) is 16.9. The van der Waals surface area contributed by atoms with Crippen LogP contribution in [0.4, 0.5) is 0 Å². The van der Waals surface area contributed by atoms with Crippen molar-refractivity contribution in [2.24, 2.45) is 0 Å². The molecule has 0 bridgehead atoms. The Labute approximate surface area is 102 Å². The summed E-state index contributed by atoms with van der Waals surface area (Å²) in [6, 6.07) is 0. The lowest BCUT2D eigenvalue weighted by atomic mass is 10.4. The maximum atomic E-state index is 10.6. The first-order valence-electron chi connectivity index (χ1n) is 5.30. The van der Waals surface area contributed by atoms with Crippen molar-refractivity contribution in [2.45, 2.75) is 47.5 Å². The number of Topliss-reactive ketones (excluding diaryl/α,β-unsaturated/α-hetero) is 1. The Morgan fingerprint density at radius 2 is 1.87 bits per heavy atom. The quantitative estimate of drug-likeness (QED) is 0.599. The highest BCUT2D eigenvalue weighted by molar-refractivity contribution is 7.73. The van der Waals surface area contributed by atoms with Crippen LogP contribution in [0.15, 0.2) is 5.38 Å². The molecule has 0 saturated carbocycles. The highest BCUT2D eigenvalue weighted by Crippen LogP contribution is 2.03.